The zero-order valence-electron chi connectivity index (χ0n) is 20.5. The van der Waals surface area contributed by atoms with Gasteiger partial charge in [-0.2, -0.15) is 0 Å². The van der Waals surface area contributed by atoms with E-state index in [1.54, 1.807) is 0 Å². The minimum atomic E-state index is -0.828. The summed E-state index contributed by atoms with van der Waals surface area (Å²) in [5.41, 5.74) is 5.90. The van der Waals surface area contributed by atoms with Gasteiger partial charge in [-0.25, -0.2) is 18.6 Å². The fraction of sp³-hybridized carbons (Fsp3) is 0.0323. The Morgan fingerprint density at radius 2 is 1.49 bits per heavy atom. The van der Waals surface area contributed by atoms with Crippen LogP contribution in [-0.2, 0) is 11.3 Å². The SMILES string of the molecule is O=C(Nc1cc(F)cc(F)c1)OCc1cc(Nc2c3ccccc3nc3ccccc23)cc(-c2ccc[nH]2)c1. The molecule has 8 heteroatoms. The van der Waals surface area contributed by atoms with E-state index in [1.165, 1.54) is 0 Å². The summed E-state index contributed by atoms with van der Waals surface area (Å²) in [4.78, 5) is 20.4. The third-order valence-corrected chi connectivity index (χ3v) is 6.24. The van der Waals surface area contributed by atoms with Gasteiger partial charge in [0.2, 0.25) is 0 Å². The minimum absolute atomic E-state index is 0.0311. The van der Waals surface area contributed by atoms with Crippen LogP contribution in [0.3, 0.4) is 0 Å². The first-order valence-electron chi connectivity index (χ1n) is 12.2. The maximum atomic E-state index is 13.5. The largest absolute Gasteiger partial charge is 0.444 e. The minimum Gasteiger partial charge on any atom is -0.444 e. The van der Waals surface area contributed by atoms with Gasteiger partial charge in [-0.1, -0.05) is 36.4 Å². The maximum Gasteiger partial charge on any atom is 0.411 e. The molecule has 2 aromatic heterocycles. The van der Waals surface area contributed by atoms with Crippen molar-refractivity contribution in [1.82, 2.24) is 9.97 Å². The molecular weight excluding hydrogens is 498 g/mol. The number of nitrogens with zero attached hydrogens (tertiary/aromatic N) is 1. The molecule has 0 aliphatic carbocycles. The first-order chi connectivity index (χ1) is 19.0. The maximum absolute atomic E-state index is 13.5. The molecule has 0 bridgehead atoms. The van der Waals surface area contributed by atoms with Crippen molar-refractivity contribution in [3.05, 3.63) is 120 Å². The van der Waals surface area contributed by atoms with Gasteiger partial charge < -0.3 is 15.0 Å². The van der Waals surface area contributed by atoms with Gasteiger partial charge in [-0.3, -0.25) is 5.32 Å². The molecule has 2 heterocycles. The number of ether oxygens (including phenoxy) is 1. The highest BCUT2D eigenvalue weighted by atomic mass is 19.1. The number of aromatic amines is 1. The number of H-pyrrole nitrogens is 1. The van der Waals surface area contributed by atoms with E-state index in [0.717, 1.165) is 62.6 Å². The van der Waals surface area contributed by atoms with Crippen LogP contribution in [0.15, 0.2) is 103 Å². The molecule has 0 aliphatic rings. The fourth-order valence-corrected chi connectivity index (χ4v) is 4.56. The molecule has 192 valence electrons. The topological polar surface area (TPSA) is 79.0 Å². The molecule has 6 aromatic rings. The fourth-order valence-electron chi connectivity index (χ4n) is 4.56. The molecule has 0 unspecified atom stereocenters. The molecule has 1 amide bonds. The number of nitrogens with one attached hydrogen (secondary N) is 3. The average molecular weight is 521 g/mol. The average Bonchev–Trinajstić information content (AvgIpc) is 3.47. The van der Waals surface area contributed by atoms with E-state index < -0.39 is 17.7 Å². The molecule has 6 nitrogen and oxygen atoms in total. The van der Waals surface area contributed by atoms with Gasteiger partial charge in [0, 0.05) is 45.7 Å². The predicted molar refractivity (Wildman–Crippen MR) is 149 cm³/mol. The summed E-state index contributed by atoms with van der Waals surface area (Å²) in [5.74, 6) is -1.59. The molecule has 4 aromatic carbocycles. The van der Waals surface area contributed by atoms with Gasteiger partial charge in [-0.05, 0) is 60.2 Å². The molecule has 0 saturated carbocycles. The Balaban J connectivity index is 1.33. The Morgan fingerprint density at radius 3 is 2.15 bits per heavy atom. The van der Waals surface area contributed by atoms with Crippen LogP contribution in [0.1, 0.15) is 5.56 Å². The molecule has 3 N–H and O–H groups in total. The van der Waals surface area contributed by atoms with Crippen molar-refractivity contribution in [3.63, 3.8) is 0 Å². The Morgan fingerprint density at radius 1 is 0.795 bits per heavy atom. The van der Waals surface area contributed by atoms with Crippen molar-refractivity contribution in [1.29, 1.82) is 0 Å². The van der Waals surface area contributed by atoms with E-state index in [0.29, 0.717) is 5.56 Å². The number of halogens is 2. The lowest BCUT2D eigenvalue weighted by Crippen LogP contribution is -2.14. The van der Waals surface area contributed by atoms with Crippen LogP contribution in [-0.4, -0.2) is 16.1 Å². The Kier molecular flexibility index (Phi) is 6.34. The number of fused-ring (bicyclic) bond motifs is 2. The summed E-state index contributed by atoms with van der Waals surface area (Å²) >= 11 is 0. The van der Waals surface area contributed by atoms with E-state index in [2.05, 4.69) is 15.6 Å². The zero-order valence-corrected chi connectivity index (χ0v) is 20.5. The lowest BCUT2D eigenvalue weighted by atomic mass is 10.0. The number of pyridine rings is 1. The highest BCUT2D eigenvalue weighted by Crippen LogP contribution is 2.34. The summed E-state index contributed by atoms with van der Waals surface area (Å²) in [6, 6.07) is 28.3. The van der Waals surface area contributed by atoms with Crippen LogP contribution in [0, 0.1) is 11.6 Å². The summed E-state index contributed by atoms with van der Waals surface area (Å²) < 4.78 is 32.3. The summed E-state index contributed by atoms with van der Waals surface area (Å²) in [7, 11) is 0. The number of rotatable bonds is 6. The molecule has 0 fully saturated rings. The molecule has 39 heavy (non-hydrogen) atoms. The number of benzene rings is 4. The number of amides is 1. The number of hydrogen-bond donors (Lipinski definition) is 3. The molecule has 0 radical (unpaired) electrons. The van der Waals surface area contributed by atoms with Gasteiger partial charge >= 0.3 is 6.09 Å². The van der Waals surface area contributed by atoms with E-state index >= 15 is 0 Å². The van der Waals surface area contributed by atoms with Crippen LogP contribution in [0.2, 0.25) is 0 Å². The van der Waals surface area contributed by atoms with Gasteiger partial charge in [0.15, 0.2) is 0 Å². The van der Waals surface area contributed by atoms with Crippen LogP contribution in [0.25, 0.3) is 33.1 Å². The highest BCUT2D eigenvalue weighted by Gasteiger charge is 2.13. The zero-order chi connectivity index (χ0) is 26.8. The quantitative estimate of drug-likeness (QED) is 0.194. The monoisotopic (exact) mass is 520 g/mol. The number of para-hydroxylation sites is 2. The van der Waals surface area contributed by atoms with Crippen molar-refractivity contribution in [2.24, 2.45) is 0 Å². The van der Waals surface area contributed by atoms with Gasteiger partial charge in [0.25, 0.3) is 0 Å². The Bertz CT molecular complexity index is 1750. The number of anilines is 3. The first kappa shape index (κ1) is 24.1. The van der Waals surface area contributed by atoms with Crippen LogP contribution < -0.4 is 10.6 Å². The van der Waals surface area contributed by atoms with Crippen LogP contribution >= 0.6 is 0 Å². The van der Waals surface area contributed by atoms with E-state index in [1.807, 2.05) is 85.1 Å². The third kappa shape index (κ3) is 5.26. The lowest BCUT2D eigenvalue weighted by Gasteiger charge is -2.16. The van der Waals surface area contributed by atoms with Crippen molar-refractivity contribution in [2.75, 3.05) is 10.6 Å². The molecule has 6 rings (SSSR count). The summed E-state index contributed by atoms with van der Waals surface area (Å²) in [5, 5.41) is 7.89. The Labute approximate surface area is 222 Å². The van der Waals surface area contributed by atoms with Crippen molar-refractivity contribution < 1.29 is 18.3 Å². The second-order valence-corrected chi connectivity index (χ2v) is 9.01. The number of carbonyl (C=O) groups excluding carboxylic acids is 1. The van der Waals surface area contributed by atoms with Crippen LogP contribution in [0.4, 0.5) is 30.6 Å². The normalized spacial score (nSPS) is 11.0. The molecular formula is C31H22F2N4O2. The predicted octanol–water partition coefficient (Wildman–Crippen LogP) is 8.15. The molecule has 0 spiro atoms. The lowest BCUT2D eigenvalue weighted by molar-refractivity contribution is 0.155. The molecule has 0 atom stereocenters. The second-order valence-electron chi connectivity index (χ2n) is 9.01. The van der Waals surface area contributed by atoms with E-state index in [4.69, 9.17) is 9.72 Å². The highest BCUT2D eigenvalue weighted by molar-refractivity contribution is 6.08. The van der Waals surface area contributed by atoms with Gasteiger partial charge in [-0.15, -0.1) is 0 Å². The van der Waals surface area contributed by atoms with Gasteiger partial charge in [0.05, 0.1) is 16.7 Å². The third-order valence-electron chi connectivity index (χ3n) is 6.24. The van der Waals surface area contributed by atoms with Crippen molar-refractivity contribution in [2.45, 2.75) is 6.61 Å². The number of hydrogen-bond acceptors (Lipinski definition) is 4. The smallest absolute Gasteiger partial charge is 0.411 e. The summed E-state index contributed by atoms with van der Waals surface area (Å²) in [6.07, 6.45) is 1.01. The Hall–Kier alpha value is -5.24. The number of carbonyl (C=O) groups is 1. The van der Waals surface area contributed by atoms with E-state index in [-0.39, 0.29) is 12.3 Å². The van der Waals surface area contributed by atoms with Gasteiger partial charge in [0.1, 0.15) is 18.2 Å². The summed E-state index contributed by atoms with van der Waals surface area (Å²) in [6.45, 7) is -0.0648. The first-order valence-corrected chi connectivity index (χ1v) is 12.2. The molecule has 0 saturated heterocycles. The van der Waals surface area contributed by atoms with E-state index in [9.17, 15) is 13.6 Å². The van der Waals surface area contributed by atoms with Crippen molar-refractivity contribution in [3.8, 4) is 11.3 Å². The standard InChI is InChI=1S/C31H22F2N4O2/c32-21-15-22(33)17-24(16-21)36-31(38)39-18-19-12-20(27-10-5-11-34-27)14-23(13-19)35-30-25-6-1-3-8-28(25)37-29-9-4-2-7-26(29)30/h1-17,34H,18H2,(H,35,37)(H,36,38). The molecule has 0 aliphatic heterocycles. The van der Waals surface area contributed by atoms with Crippen LogP contribution in [0.5, 0.6) is 0 Å². The second kappa shape index (κ2) is 10.3. The number of aromatic nitrogens is 2. The van der Waals surface area contributed by atoms with Crippen molar-refractivity contribution >= 4 is 45.0 Å².